The maximum absolute atomic E-state index is 12.4. The summed E-state index contributed by atoms with van der Waals surface area (Å²) in [6.07, 6.45) is -0.549. The van der Waals surface area contributed by atoms with Crippen molar-refractivity contribution in [1.82, 2.24) is 10.2 Å². The third-order valence-corrected chi connectivity index (χ3v) is 3.60. The van der Waals surface area contributed by atoms with Gasteiger partial charge in [0.25, 0.3) is 5.91 Å². The lowest BCUT2D eigenvalue weighted by molar-refractivity contribution is 0.0578. The number of nitrogens with zero attached hydrogens (tertiary/aromatic N) is 1. The van der Waals surface area contributed by atoms with Gasteiger partial charge in [-0.3, -0.25) is 4.79 Å². The molecule has 2 N–H and O–H groups in total. The molecule has 1 aromatic rings. The SMILES string of the molecule is COc1cc(Cl)ccc1C(=O)N(C)[C@@H]1CNC[C@H]1O. The molecule has 1 saturated heterocycles. The number of hydrogen-bond donors (Lipinski definition) is 2. The third kappa shape index (κ3) is 2.83. The Bertz CT molecular complexity index is 481. The highest BCUT2D eigenvalue weighted by Gasteiger charge is 2.32. The van der Waals surface area contributed by atoms with E-state index in [1.165, 1.54) is 12.0 Å². The number of β-amino-alcohol motifs (C(OH)–C–C–N with tert-alkyl or cyclic N) is 1. The van der Waals surface area contributed by atoms with Crippen LogP contribution in [-0.4, -0.2) is 55.3 Å². The van der Waals surface area contributed by atoms with Crippen LogP contribution in [0.4, 0.5) is 0 Å². The maximum Gasteiger partial charge on any atom is 0.257 e. The Morgan fingerprint density at radius 3 is 2.84 bits per heavy atom. The van der Waals surface area contributed by atoms with E-state index in [1.54, 1.807) is 25.2 Å². The molecule has 0 saturated carbocycles. The molecule has 1 aliphatic rings. The van der Waals surface area contributed by atoms with Crippen LogP contribution < -0.4 is 10.1 Å². The van der Waals surface area contributed by atoms with Crippen molar-refractivity contribution in [2.45, 2.75) is 12.1 Å². The molecule has 6 heteroatoms. The van der Waals surface area contributed by atoms with Crippen molar-refractivity contribution in [3.8, 4) is 5.75 Å². The minimum atomic E-state index is -0.549. The molecule has 1 aromatic carbocycles. The lowest BCUT2D eigenvalue weighted by atomic mass is 10.1. The molecule has 1 heterocycles. The Hall–Kier alpha value is -1.30. The van der Waals surface area contributed by atoms with Crippen molar-refractivity contribution >= 4 is 17.5 Å². The fourth-order valence-corrected chi connectivity index (χ4v) is 2.39. The summed E-state index contributed by atoms with van der Waals surface area (Å²) in [4.78, 5) is 14.0. The first-order chi connectivity index (χ1) is 9.04. The van der Waals surface area contributed by atoms with Gasteiger partial charge in [0.05, 0.1) is 24.8 Å². The summed E-state index contributed by atoms with van der Waals surface area (Å²) in [6.45, 7) is 1.08. The van der Waals surface area contributed by atoms with Crippen molar-refractivity contribution in [1.29, 1.82) is 0 Å². The number of benzene rings is 1. The Labute approximate surface area is 117 Å². The average molecular weight is 285 g/mol. The normalized spacial score (nSPS) is 22.3. The molecular weight excluding hydrogens is 268 g/mol. The van der Waals surface area contributed by atoms with E-state index in [9.17, 15) is 9.90 Å². The van der Waals surface area contributed by atoms with Gasteiger partial charge in [-0.1, -0.05) is 11.6 Å². The standard InChI is InChI=1S/C13H17ClN2O3/c1-16(10-6-15-7-11(10)17)13(18)9-4-3-8(14)5-12(9)19-2/h3-5,10-11,15,17H,6-7H2,1-2H3/t10-,11-/m1/s1. The number of ether oxygens (including phenoxy) is 1. The topological polar surface area (TPSA) is 61.8 Å². The summed E-state index contributed by atoms with van der Waals surface area (Å²) in [5.41, 5.74) is 0.438. The second kappa shape index (κ2) is 5.77. The van der Waals surface area contributed by atoms with Gasteiger partial charge >= 0.3 is 0 Å². The molecule has 104 valence electrons. The summed E-state index contributed by atoms with van der Waals surface area (Å²) < 4.78 is 5.18. The molecule has 2 rings (SSSR count). The predicted molar refractivity (Wildman–Crippen MR) is 72.8 cm³/mol. The molecule has 0 unspecified atom stereocenters. The van der Waals surface area contributed by atoms with Crippen LogP contribution in [0.1, 0.15) is 10.4 Å². The van der Waals surface area contributed by atoms with Gasteiger partial charge in [-0.2, -0.15) is 0 Å². The predicted octanol–water partition coefficient (Wildman–Crippen LogP) is 0.753. The van der Waals surface area contributed by atoms with Crippen LogP contribution in [0.3, 0.4) is 0 Å². The Balaban J connectivity index is 2.23. The summed E-state index contributed by atoms with van der Waals surface area (Å²) in [6, 6.07) is 4.66. The van der Waals surface area contributed by atoms with Crippen molar-refractivity contribution in [2.24, 2.45) is 0 Å². The lowest BCUT2D eigenvalue weighted by Gasteiger charge is -2.27. The van der Waals surface area contributed by atoms with Crippen LogP contribution in [0, 0.1) is 0 Å². The first kappa shape index (κ1) is 14.1. The molecular formula is C13H17ClN2O3. The van der Waals surface area contributed by atoms with Crippen LogP contribution in [-0.2, 0) is 0 Å². The van der Waals surface area contributed by atoms with Crippen LogP contribution in [0.2, 0.25) is 5.02 Å². The van der Waals surface area contributed by atoms with Gasteiger partial charge < -0.3 is 20.1 Å². The highest BCUT2D eigenvalue weighted by atomic mass is 35.5. The number of carbonyl (C=O) groups is 1. The number of rotatable bonds is 3. The van der Waals surface area contributed by atoms with Crippen molar-refractivity contribution in [2.75, 3.05) is 27.2 Å². The number of carbonyl (C=O) groups excluding carboxylic acids is 1. The molecule has 0 aromatic heterocycles. The molecule has 0 spiro atoms. The third-order valence-electron chi connectivity index (χ3n) is 3.36. The summed E-state index contributed by atoms with van der Waals surface area (Å²) >= 11 is 5.88. The zero-order chi connectivity index (χ0) is 14.0. The minimum absolute atomic E-state index is 0.193. The molecule has 2 atom stereocenters. The molecule has 1 aliphatic heterocycles. The van der Waals surface area contributed by atoms with E-state index in [4.69, 9.17) is 16.3 Å². The number of methoxy groups -OCH3 is 1. The van der Waals surface area contributed by atoms with E-state index in [2.05, 4.69) is 5.32 Å². The first-order valence-corrected chi connectivity index (χ1v) is 6.42. The zero-order valence-electron chi connectivity index (χ0n) is 10.9. The molecule has 1 amide bonds. The van der Waals surface area contributed by atoms with E-state index in [1.807, 2.05) is 0 Å². The number of halogens is 1. The van der Waals surface area contributed by atoms with Crippen LogP contribution in [0.5, 0.6) is 5.75 Å². The van der Waals surface area contributed by atoms with Gasteiger partial charge in [-0.25, -0.2) is 0 Å². The van der Waals surface area contributed by atoms with E-state index < -0.39 is 6.10 Å². The second-order valence-electron chi connectivity index (χ2n) is 4.55. The van der Waals surface area contributed by atoms with Gasteiger partial charge in [-0.05, 0) is 18.2 Å². The summed E-state index contributed by atoms with van der Waals surface area (Å²) in [7, 11) is 3.17. The minimum Gasteiger partial charge on any atom is -0.496 e. The van der Waals surface area contributed by atoms with Gasteiger partial charge in [-0.15, -0.1) is 0 Å². The lowest BCUT2D eigenvalue weighted by Crippen LogP contribution is -2.44. The van der Waals surface area contributed by atoms with Crippen molar-refractivity contribution in [3.63, 3.8) is 0 Å². The maximum atomic E-state index is 12.4. The summed E-state index contributed by atoms with van der Waals surface area (Å²) in [5.74, 6) is 0.242. The number of aliphatic hydroxyl groups excluding tert-OH is 1. The second-order valence-corrected chi connectivity index (χ2v) is 4.99. The molecule has 0 bridgehead atoms. The highest BCUT2D eigenvalue weighted by Crippen LogP contribution is 2.25. The quantitative estimate of drug-likeness (QED) is 0.860. The fourth-order valence-electron chi connectivity index (χ4n) is 2.23. The van der Waals surface area contributed by atoms with Gasteiger partial charge in [0.15, 0.2) is 0 Å². The zero-order valence-corrected chi connectivity index (χ0v) is 11.6. The number of aliphatic hydroxyl groups is 1. The van der Waals surface area contributed by atoms with Crippen molar-refractivity contribution in [3.05, 3.63) is 28.8 Å². The smallest absolute Gasteiger partial charge is 0.257 e. The molecule has 0 radical (unpaired) electrons. The van der Waals surface area contributed by atoms with Crippen LogP contribution in [0.15, 0.2) is 18.2 Å². The first-order valence-electron chi connectivity index (χ1n) is 6.04. The highest BCUT2D eigenvalue weighted by molar-refractivity contribution is 6.30. The van der Waals surface area contributed by atoms with Gasteiger partial charge in [0.2, 0.25) is 0 Å². The van der Waals surface area contributed by atoms with Crippen LogP contribution >= 0.6 is 11.6 Å². The van der Waals surface area contributed by atoms with Gasteiger partial charge in [0.1, 0.15) is 5.75 Å². The largest absolute Gasteiger partial charge is 0.496 e. The monoisotopic (exact) mass is 284 g/mol. The van der Waals surface area contributed by atoms with E-state index in [0.29, 0.717) is 29.4 Å². The molecule has 19 heavy (non-hydrogen) atoms. The molecule has 0 aliphatic carbocycles. The van der Waals surface area contributed by atoms with Crippen molar-refractivity contribution < 1.29 is 14.6 Å². The fraction of sp³-hybridized carbons (Fsp3) is 0.462. The van der Waals surface area contributed by atoms with Crippen LogP contribution in [0.25, 0.3) is 0 Å². The number of nitrogens with one attached hydrogen (secondary N) is 1. The van der Waals surface area contributed by atoms with E-state index in [0.717, 1.165) is 0 Å². The Morgan fingerprint density at radius 2 is 2.26 bits per heavy atom. The molecule has 5 nitrogen and oxygen atoms in total. The summed E-state index contributed by atoms with van der Waals surface area (Å²) in [5, 5.41) is 13.4. The Morgan fingerprint density at radius 1 is 1.53 bits per heavy atom. The average Bonchev–Trinajstić information content (AvgIpc) is 2.83. The van der Waals surface area contributed by atoms with Gasteiger partial charge in [0, 0.05) is 25.2 Å². The Kier molecular flexibility index (Phi) is 4.29. The number of amides is 1. The number of likely N-dealkylation sites (N-methyl/N-ethyl adjacent to an activating group) is 1. The van der Waals surface area contributed by atoms with E-state index >= 15 is 0 Å². The molecule has 1 fully saturated rings. The number of hydrogen-bond acceptors (Lipinski definition) is 4. The van der Waals surface area contributed by atoms with E-state index in [-0.39, 0.29) is 11.9 Å².